The smallest absolute Gasteiger partial charge is 0.146 e. The molecule has 2 aromatic heterocycles. The third kappa shape index (κ3) is 3.42. The second kappa shape index (κ2) is 6.85. The zero-order chi connectivity index (χ0) is 15.4. The van der Waals surface area contributed by atoms with Crippen LogP contribution in [0.4, 0.5) is 0 Å². The van der Waals surface area contributed by atoms with Crippen molar-refractivity contribution >= 4 is 0 Å². The number of aromatic nitrogens is 4. The molecule has 0 saturated carbocycles. The SMILES string of the molecule is CO[C@@H]1C[C@@H](COc2cccnc2)N(Cc2nncn2C)C1. The molecular weight excluding hydrogens is 282 g/mol. The Hall–Kier alpha value is -1.99. The van der Waals surface area contributed by atoms with Gasteiger partial charge in [-0.05, 0) is 18.6 Å². The molecule has 7 heteroatoms. The Kier molecular flexibility index (Phi) is 4.65. The van der Waals surface area contributed by atoms with Gasteiger partial charge in [0.25, 0.3) is 0 Å². The Morgan fingerprint density at radius 3 is 3.00 bits per heavy atom. The molecule has 0 N–H and O–H groups in total. The van der Waals surface area contributed by atoms with Gasteiger partial charge in [-0.3, -0.25) is 9.88 Å². The summed E-state index contributed by atoms with van der Waals surface area (Å²) in [4.78, 5) is 6.41. The number of ether oxygens (including phenoxy) is 2. The first kappa shape index (κ1) is 14.9. The van der Waals surface area contributed by atoms with E-state index in [1.165, 1.54) is 0 Å². The average molecular weight is 303 g/mol. The highest BCUT2D eigenvalue weighted by molar-refractivity contribution is 5.15. The van der Waals surface area contributed by atoms with E-state index in [2.05, 4.69) is 20.1 Å². The minimum Gasteiger partial charge on any atom is -0.490 e. The Morgan fingerprint density at radius 2 is 2.32 bits per heavy atom. The summed E-state index contributed by atoms with van der Waals surface area (Å²) in [5, 5.41) is 8.10. The fourth-order valence-corrected chi connectivity index (χ4v) is 2.73. The summed E-state index contributed by atoms with van der Waals surface area (Å²) in [6.07, 6.45) is 6.38. The van der Waals surface area contributed by atoms with Crippen LogP contribution in [0.2, 0.25) is 0 Å². The maximum Gasteiger partial charge on any atom is 0.146 e. The summed E-state index contributed by atoms with van der Waals surface area (Å²) in [5.41, 5.74) is 0. The van der Waals surface area contributed by atoms with Gasteiger partial charge in [-0.2, -0.15) is 0 Å². The molecule has 0 amide bonds. The molecule has 0 aliphatic carbocycles. The second-order valence-corrected chi connectivity index (χ2v) is 5.53. The maximum absolute atomic E-state index is 5.86. The quantitative estimate of drug-likeness (QED) is 0.789. The topological polar surface area (TPSA) is 65.3 Å². The third-order valence-electron chi connectivity index (χ3n) is 4.05. The van der Waals surface area contributed by atoms with E-state index in [0.29, 0.717) is 12.6 Å². The lowest BCUT2D eigenvalue weighted by molar-refractivity contribution is 0.106. The molecule has 118 valence electrons. The van der Waals surface area contributed by atoms with Gasteiger partial charge in [0.05, 0.1) is 18.8 Å². The lowest BCUT2D eigenvalue weighted by atomic mass is 10.2. The van der Waals surface area contributed by atoms with Crippen molar-refractivity contribution in [3.05, 3.63) is 36.7 Å². The molecule has 0 spiro atoms. The first-order valence-corrected chi connectivity index (χ1v) is 7.39. The molecule has 1 aliphatic heterocycles. The summed E-state index contributed by atoms with van der Waals surface area (Å²) in [6, 6.07) is 4.09. The van der Waals surface area contributed by atoms with E-state index in [1.807, 2.05) is 23.7 Å². The molecule has 22 heavy (non-hydrogen) atoms. The number of nitrogens with zero attached hydrogens (tertiary/aromatic N) is 5. The first-order valence-electron chi connectivity index (χ1n) is 7.39. The van der Waals surface area contributed by atoms with Gasteiger partial charge in [0.1, 0.15) is 24.5 Å². The van der Waals surface area contributed by atoms with Gasteiger partial charge in [-0.25, -0.2) is 0 Å². The van der Waals surface area contributed by atoms with Gasteiger partial charge < -0.3 is 14.0 Å². The number of methoxy groups -OCH3 is 1. The zero-order valence-corrected chi connectivity index (χ0v) is 12.9. The third-order valence-corrected chi connectivity index (χ3v) is 4.05. The Bertz CT molecular complexity index is 589. The van der Waals surface area contributed by atoms with Crippen LogP contribution >= 0.6 is 0 Å². The Morgan fingerprint density at radius 1 is 1.41 bits per heavy atom. The van der Waals surface area contributed by atoms with Crippen LogP contribution in [0.1, 0.15) is 12.2 Å². The molecule has 0 aromatic carbocycles. The molecule has 1 saturated heterocycles. The molecular formula is C15H21N5O2. The fraction of sp³-hybridized carbons (Fsp3) is 0.533. The number of likely N-dealkylation sites (tertiary alicyclic amines) is 1. The highest BCUT2D eigenvalue weighted by Crippen LogP contribution is 2.22. The van der Waals surface area contributed by atoms with Crippen LogP contribution in [0.3, 0.4) is 0 Å². The molecule has 7 nitrogen and oxygen atoms in total. The summed E-state index contributed by atoms with van der Waals surface area (Å²) >= 11 is 0. The van der Waals surface area contributed by atoms with E-state index in [9.17, 15) is 0 Å². The molecule has 1 fully saturated rings. The van der Waals surface area contributed by atoms with Crippen molar-refractivity contribution in [1.82, 2.24) is 24.6 Å². The van der Waals surface area contributed by atoms with E-state index in [1.54, 1.807) is 25.8 Å². The van der Waals surface area contributed by atoms with E-state index >= 15 is 0 Å². The lowest BCUT2D eigenvalue weighted by Crippen LogP contribution is -2.34. The molecule has 3 rings (SSSR count). The largest absolute Gasteiger partial charge is 0.490 e. The Labute approximate surface area is 129 Å². The van der Waals surface area contributed by atoms with Crippen LogP contribution in [0.15, 0.2) is 30.9 Å². The van der Waals surface area contributed by atoms with Crippen molar-refractivity contribution in [3.63, 3.8) is 0 Å². The highest BCUT2D eigenvalue weighted by atomic mass is 16.5. The number of pyridine rings is 1. The van der Waals surface area contributed by atoms with Crippen molar-refractivity contribution < 1.29 is 9.47 Å². The van der Waals surface area contributed by atoms with Gasteiger partial charge in [-0.15, -0.1) is 10.2 Å². The van der Waals surface area contributed by atoms with Crippen LogP contribution in [0.25, 0.3) is 0 Å². The lowest BCUT2D eigenvalue weighted by Gasteiger charge is -2.23. The summed E-state index contributed by atoms with van der Waals surface area (Å²) < 4.78 is 13.3. The molecule has 0 bridgehead atoms. The predicted molar refractivity (Wildman–Crippen MR) is 80.3 cm³/mol. The van der Waals surface area contributed by atoms with Gasteiger partial charge in [0.15, 0.2) is 0 Å². The predicted octanol–water partition coefficient (Wildman–Crippen LogP) is 0.878. The monoisotopic (exact) mass is 303 g/mol. The summed E-state index contributed by atoms with van der Waals surface area (Å²) in [6.45, 7) is 2.24. The number of hydrogen-bond acceptors (Lipinski definition) is 6. The summed E-state index contributed by atoms with van der Waals surface area (Å²) in [7, 11) is 3.72. The average Bonchev–Trinajstić information content (AvgIpc) is 3.13. The molecule has 2 atom stereocenters. The molecule has 1 aliphatic rings. The highest BCUT2D eigenvalue weighted by Gasteiger charge is 2.33. The van der Waals surface area contributed by atoms with Crippen molar-refractivity contribution in [1.29, 1.82) is 0 Å². The molecule has 3 heterocycles. The minimum absolute atomic E-state index is 0.232. The van der Waals surface area contributed by atoms with Crippen LogP contribution < -0.4 is 4.74 Å². The summed E-state index contributed by atoms with van der Waals surface area (Å²) in [5.74, 6) is 1.74. The van der Waals surface area contributed by atoms with Crippen molar-refractivity contribution in [3.8, 4) is 5.75 Å². The molecule has 2 aromatic rings. The van der Waals surface area contributed by atoms with Crippen LogP contribution in [0.5, 0.6) is 5.75 Å². The van der Waals surface area contributed by atoms with E-state index in [4.69, 9.17) is 9.47 Å². The standard InChI is InChI=1S/C15H21N5O2/c1-19-11-17-18-15(19)9-20-8-14(21-2)6-12(20)10-22-13-4-3-5-16-7-13/h3-5,7,11-12,14H,6,8-10H2,1-2H3/t12-,14+/m0/s1. The zero-order valence-electron chi connectivity index (χ0n) is 12.9. The van der Waals surface area contributed by atoms with Gasteiger partial charge in [0, 0.05) is 32.9 Å². The van der Waals surface area contributed by atoms with Crippen LogP contribution in [-0.4, -0.2) is 57.1 Å². The van der Waals surface area contributed by atoms with Gasteiger partial charge in [-0.1, -0.05) is 0 Å². The maximum atomic E-state index is 5.86. The molecule has 0 unspecified atom stereocenters. The normalized spacial score (nSPS) is 22.1. The van der Waals surface area contributed by atoms with Crippen molar-refractivity contribution in [2.45, 2.75) is 25.1 Å². The Balaban J connectivity index is 1.63. The van der Waals surface area contributed by atoms with E-state index in [0.717, 1.165) is 31.1 Å². The van der Waals surface area contributed by atoms with E-state index < -0.39 is 0 Å². The van der Waals surface area contributed by atoms with Crippen LogP contribution in [-0.2, 0) is 18.3 Å². The minimum atomic E-state index is 0.232. The van der Waals surface area contributed by atoms with E-state index in [-0.39, 0.29) is 6.10 Å². The number of hydrogen-bond donors (Lipinski definition) is 0. The van der Waals surface area contributed by atoms with Crippen molar-refractivity contribution in [2.24, 2.45) is 7.05 Å². The number of rotatable bonds is 6. The second-order valence-electron chi connectivity index (χ2n) is 5.53. The van der Waals surface area contributed by atoms with Gasteiger partial charge in [0.2, 0.25) is 0 Å². The van der Waals surface area contributed by atoms with Gasteiger partial charge >= 0.3 is 0 Å². The molecule has 0 radical (unpaired) electrons. The van der Waals surface area contributed by atoms with Crippen LogP contribution in [0, 0.1) is 0 Å². The van der Waals surface area contributed by atoms with Crippen molar-refractivity contribution in [2.75, 3.05) is 20.3 Å². The first-order chi connectivity index (χ1) is 10.8. The number of aryl methyl sites for hydroxylation is 1. The fourth-order valence-electron chi connectivity index (χ4n) is 2.73.